The van der Waals surface area contributed by atoms with Gasteiger partial charge in [-0.15, -0.1) is 0 Å². The minimum Gasteiger partial charge on any atom is -0.493 e. The Bertz CT molecular complexity index is 1060. The molecular formula is C21H19F3N2O4S. The van der Waals surface area contributed by atoms with Crippen molar-refractivity contribution in [2.45, 2.75) is 24.9 Å². The van der Waals surface area contributed by atoms with Crippen LogP contribution in [0.25, 0.3) is 0 Å². The number of thiocarbonyl (C=S) groups is 1. The summed E-state index contributed by atoms with van der Waals surface area (Å²) in [7, 11) is 2.72. The fourth-order valence-electron chi connectivity index (χ4n) is 4.23. The van der Waals surface area contributed by atoms with Gasteiger partial charge in [0.15, 0.2) is 16.6 Å². The largest absolute Gasteiger partial charge is 0.493 e. The maximum atomic E-state index is 13.3. The lowest BCUT2D eigenvalue weighted by Gasteiger charge is -2.55. The fraction of sp³-hybridized carbons (Fsp3) is 0.333. The zero-order chi connectivity index (χ0) is 22.6. The fourth-order valence-corrected chi connectivity index (χ4v) is 4.64. The Labute approximate surface area is 181 Å². The molecule has 164 valence electrons. The van der Waals surface area contributed by atoms with Crippen molar-refractivity contribution in [3.63, 3.8) is 0 Å². The molecule has 1 N–H and O–H groups in total. The molecule has 2 bridgehead atoms. The van der Waals surface area contributed by atoms with E-state index < -0.39 is 35.4 Å². The number of hydrogen-bond donors (Lipinski definition) is 1. The number of carbonyl (C=O) groups excluding carboxylic acids is 1. The van der Waals surface area contributed by atoms with Gasteiger partial charge in [-0.2, -0.15) is 13.2 Å². The molecule has 2 aliphatic heterocycles. The van der Waals surface area contributed by atoms with Crippen LogP contribution in [-0.2, 0) is 15.7 Å². The summed E-state index contributed by atoms with van der Waals surface area (Å²) < 4.78 is 56.8. The minimum atomic E-state index is -4.55. The number of ether oxygens (including phenoxy) is 3. The topological polar surface area (TPSA) is 60.0 Å². The Morgan fingerprint density at radius 3 is 2.58 bits per heavy atom. The first-order valence-electron chi connectivity index (χ1n) is 9.33. The second-order valence-corrected chi connectivity index (χ2v) is 7.73. The molecule has 0 aromatic heterocycles. The predicted octanol–water partition coefficient (Wildman–Crippen LogP) is 4.05. The van der Waals surface area contributed by atoms with E-state index in [1.54, 1.807) is 25.1 Å². The first-order valence-corrected chi connectivity index (χ1v) is 9.74. The van der Waals surface area contributed by atoms with Crippen molar-refractivity contribution < 1.29 is 32.2 Å². The number of nitrogens with zero attached hydrogens (tertiary/aromatic N) is 1. The second kappa shape index (κ2) is 7.30. The SMILES string of the molecule is COC(=O)C1C2NC(=S)N(c3cccc(C(F)(F)F)c3)C1(C)Oc1c(OC)cccc12. The van der Waals surface area contributed by atoms with Gasteiger partial charge in [0.1, 0.15) is 5.92 Å². The van der Waals surface area contributed by atoms with Gasteiger partial charge < -0.3 is 19.5 Å². The summed E-state index contributed by atoms with van der Waals surface area (Å²) in [6.07, 6.45) is -4.55. The number of halogens is 3. The first-order chi connectivity index (χ1) is 14.6. The van der Waals surface area contributed by atoms with Crippen molar-refractivity contribution in [2.24, 2.45) is 5.92 Å². The summed E-state index contributed by atoms with van der Waals surface area (Å²) in [5, 5.41) is 3.22. The molecular weight excluding hydrogens is 433 g/mol. The van der Waals surface area contributed by atoms with E-state index in [1.807, 2.05) is 0 Å². The molecule has 0 spiro atoms. The van der Waals surface area contributed by atoms with Crippen LogP contribution in [0.3, 0.4) is 0 Å². The van der Waals surface area contributed by atoms with Crippen LogP contribution in [0.2, 0.25) is 0 Å². The Hall–Kier alpha value is -3.01. The standard InChI is InChI=1S/C21H19F3N2O4S/c1-20-15(18(27)29-3)16(13-8-5-9-14(28-2)17(13)30-20)25-19(31)26(20)12-7-4-6-11(10-12)21(22,23)24/h4-10,15-16H,1-3H3,(H,25,31). The number of fused-ring (bicyclic) bond motifs is 4. The Morgan fingerprint density at radius 1 is 1.23 bits per heavy atom. The van der Waals surface area contributed by atoms with E-state index in [9.17, 15) is 18.0 Å². The van der Waals surface area contributed by atoms with Crippen LogP contribution in [0.1, 0.15) is 24.1 Å². The summed E-state index contributed by atoms with van der Waals surface area (Å²) in [6, 6.07) is 9.29. The molecule has 3 unspecified atom stereocenters. The molecule has 2 aromatic carbocycles. The lowest BCUT2D eigenvalue weighted by molar-refractivity contribution is -0.157. The molecule has 0 aliphatic carbocycles. The van der Waals surface area contributed by atoms with Crippen LogP contribution in [0, 0.1) is 5.92 Å². The van der Waals surface area contributed by atoms with Gasteiger partial charge in [0.2, 0.25) is 5.72 Å². The number of benzene rings is 2. The van der Waals surface area contributed by atoms with Crippen molar-refractivity contribution in [2.75, 3.05) is 19.1 Å². The van der Waals surface area contributed by atoms with Crippen LogP contribution >= 0.6 is 12.2 Å². The number of methoxy groups -OCH3 is 2. The van der Waals surface area contributed by atoms with Crippen LogP contribution in [-0.4, -0.2) is 31.0 Å². The number of rotatable bonds is 3. The van der Waals surface area contributed by atoms with Gasteiger partial charge in [0.05, 0.1) is 25.8 Å². The molecule has 31 heavy (non-hydrogen) atoms. The average Bonchev–Trinajstić information content (AvgIpc) is 2.72. The highest BCUT2D eigenvalue weighted by atomic mass is 32.1. The van der Waals surface area contributed by atoms with Crippen molar-refractivity contribution >= 4 is 29.0 Å². The van der Waals surface area contributed by atoms with Gasteiger partial charge in [-0.1, -0.05) is 18.2 Å². The smallest absolute Gasteiger partial charge is 0.416 e. The molecule has 3 atom stereocenters. The molecule has 0 amide bonds. The summed E-state index contributed by atoms with van der Waals surface area (Å²) >= 11 is 5.51. The number of para-hydroxylation sites is 1. The Kier molecular flexibility index (Phi) is 5.00. The van der Waals surface area contributed by atoms with E-state index >= 15 is 0 Å². The van der Waals surface area contributed by atoms with Crippen LogP contribution in [0.5, 0.6) is 11.5 Å². The maximum Gasteiger partial charge on any atom is 0.416 e. The molecule has 6 nitrogen and oxygen atoms in total. The molecule has 0 saturated carbocycles. The second-order valence-electron chi connectivity index (χ2n) is 7.35. The number of alkyl halides is 3. The van der Waals surface area contributed by atoms with E-state index in [-0.39, 0.29) is 10.8 Å². The third kappa shape index (κ3) is 3.25. The third-order valence-corrected chi connectivity index (χ3v) is 5.90. The van der Waals surface area contributed by atoms with Crippen LogP contribution < -0.4 is 19.7 Å². The number of hydrogen-bond acceptors (Lipinski definition) is 5. The third-order valence-electron chi connectivity index (χ3n) is 5.60. The highest BCUT2D eigenvalue weighted by Gasteiger charge is 2.60. The van der Waals surface area contributed by atoms with Crippen LogP contribution in [0.15, 0.2) is 42.5 Å². The zero-order valence-electron chi connectivity index (χ0n) is 16.8. The van der Waals surface area contributed by atoms with Crippen molar-refractivity contribution in [3.05, 3.63) is 53.6 Å². The molecule has 0 radical (unpaired) electrons. The molecule has 4 rings (SSSR count). The number of nitrogens with one attached hydrogen (secondary N) is 1. The van der Waals surface area contributed by atoms with Gasteiger partial charge in [0, 0.05) is 11.3 Å². The summed E-state index contributed by atoms with van der Waals surface area (Å²) in [6.45, 7) is 1.60. The molecule has 10 heteroatoms. The van der Waals surface area contributed by atoms with Crippen molar-refractivity contribution in [3.8, 4) is 11.5 Å². The minimum absolute atomic E-state index is 0.125. The quantitative estimate of drug-likeness (QED) is 0.557. The lowest BCUT2D eigenvalue weighted by atomic mass is 9.79. The zero-order valence-corrected chi connectivity index (χ0v) is 17.6. The molecule has 1 saturated heterocycles. The van der Waals surface area contributed by atoms with Crippen molar-refractivity contribution in [1.82, 2.24) is 5.32 Å². The number of esters is 1. The lowest BCUT2D eigenvalue weighted by Crippen LogP contribution is -2.71. The Morgan fingerprint density at radius 2 is 1.94 bits per heavy atom. The van der Waals surface area contributed by atoms with Gasteiger partial charge in [-0.3, -0.25) is 9.69 Å². The van der Waals surface area contributed by atoms with Crippen molar-refractivity contribution in [1.29, 1.82) is 0 Å². The summed E-state index contributed by atoms with van der Waals surface area (Å²) in [4.78, 5) is 14.2. The normalized spacial score (nSPS) is 24.6. The maximum absolute atomic E-state index is 13.3. The summed E-state index contributed by atoms with van der Waals surface area (Å²) in [5.41, 5.74) is -1.56. The monoisotopic (exact) mass is 452 g/mol. The molecule has 2 aromatic rings. The van der Waals surface area contributed by atoms with E-state index in [2.05, 4.69) is 5.32 Å². The van der Waals surface area contributed by atoms with Gasteiger partial charge in [-0.25, -0.2) is 0 Å². The predicted molar refractivity (Wildman–Crippen MR) is 110 cm³/mol. The van der Waals surface area contributed by atoms with E-state index in [0.29, 0.717) is 17.1 Å². The number of anilines is 1. The first kappa shape index (κ1) is 21.2. The highest BCUT2D eigenvalue weighted by molar-refractivity contribution is 7.80. The highest BCUT2D eigenvalue weighted by Crippen LogP contribution is 2.52. The average molecular weight is 452 g/mol. The van der Waals surface area contributed by atoms with E-state index in [1.165, 1.54) is 31.3 Å². The van der Waals surface area contributed by atoms with Crippen LogP contribution in [0.4, 0.5) is 18.9 Å². The van der Waals surface area contributed by atoms with E-state index in [4.69, 9.17) is 26.4 Å². The number of carbonyl (C=O) groups is 1. The molecule has 2 aliphatic rings. The Balaban J connectivity index is 1.92. The molecule has 2 heterocycles. The van der Waals surface area contributed by atoms with Gasteiger partial charge >= 0.3 is 12.1 Å². The molecule has 1 fully saturated rings. The van der Waals surface area contributed by atoms with Gasteiger partial charge in [0.25, 0.3) is 0 Å². The van der Waals surface area contributed by atoms with E-state index in [0.717, 1.165) is 12.1 Å². The van der Waals surface area contributed by atoms with Gasteiger partial charge in [-0.05, 0) is 43.4 Å². The summed E-state index contributed by atoms with van der Waals surface area (Å²) in [5.74, 6) is -0.716.